The number of nitriles is 1. The van der Waals surface area contributed by atoms with Crippen LogP contribution in [-0.2, 0) is 0 Å². The number of hydrogen-bond acceptors (Lipinski definition) is 7. The zero-order valence-corrected chi connectivity index (χ0v) is 14.6. The summed E-state index contributed by atoms with van der Waals surface area (Å²) in [5.41, 5.74) is 0.415. The monoisotopic (exact) mass is 345 g/mol. The van der Waals surface area contributed by atoms with Gasteiger partial charge in [-0.3, -0.25) is 0 Å². The van der Waals surface area contributed by atoms with Gasteiger partial charge in [0.2, 0.25) is 5.95 Å². The Bertz CT molecular complexity index is 624. The normalized spacial score (nSPS) is 32.6. The van der Waals surface area contributed by atoms with E-state index in [2.05, 4.69) is 33.6 Å². The van der Waals surface area contributed by atoms with Crippen LogP contribution >= 0.6 is 0 Å². The van der Waals surface area contributed by atoms with Gasteiger partial charge in [0, 0.05) is 12.1 Å². The van der Waals surface area contributed by atoms with Gasteiger partial charge in [-0.2, -0.15) is 10.2 Å². The van der Waals surface area contributed by atoms with Gasteiger partial charge < -0.3 is 20.8 Å². The lowest BCUT2D eigenvalue weighted by Crippen LogP contribution is -2.35. The van der Waals surface area contributed by atoms with E-state index in [0.29, 0.717) is 29.7 Å². The first-order valence-electron chi connectivity index (χ1n) is 9.21. The van der Waals surface area contributed by atoms with Crippen molar-refractivity contribution in [1.82, 2.24) is 9.97 Å². The minimum Gasteiger partial charge on any atom is -0.393 e. The SMILES string of the molecule is C[C@@H]1CC[C@@H](Nc2nc(N[C@H]3CC[C@H](O)CC3)ncc2C#N)C[C@H]1O. The number of anilines is 2. The van der Waals surface area contributed by atoms with Gasteiger partial charge in [-0.1, -0.05) is 6.92 Å². The number of aromatic nitrogens is 2. The molecule has 2 aliphatic rings. The third-order valence-corrected chi connectivity index (χ3v) is 5.43. The summed E-state index contributed by atoms with van der Waals surface area (Å²) in [5.74, 6) is 1.35. The van der Waals surface area contributed by atoms with E-state index in [4.69, 9.17) is 0 Å². The van der Waals surface area contributed by atoms with Crippen LogP contribution in [0.25, 0.3) is 0 Å². The summed E-state index contributed by atoms with van der Waals surface area (Å²) in [7, 11) is 0. The number of hydrogen-bond donors (Lipinski definition) is 4. The van der Waals surface area contributed by atoms with Crippen LogP contribution in [0, 0.1) is 17.2 Å². The molecule has 3 atom stereocenters. The van der Waals surface area contributed by atoms with Gasteiger partial charge in [0.05, 0.1) is 18.4 Å². The molecule has 25 heavy (non-hydrogen) atoms. The van der Waals surface area contributed by atoms with E-state index in [0.717, 1.165) is 38.5 Å². The quantitative estimate of drug-likeness (QED) is 0.660. The Labute approximate surface area is 148 Å². The van der Waals surface area contributed by atoms with Gasteiger partial charge in [-0.15, -0.1) is 0 Å². The van der Waals surface area contributed by atoms with E-state index in [9.17, 15) is 15.5 Å². The van der Waals surface area contributed by atoms with Crippen molar-refractivity contribution < 1.29 is 10.2 Å². The van der Waals surface area contributed by atoms with Crippen molar-refractivity contribution >= 4 is 11.8 Å². The molecule has 0 aromatic carbocycles. The molecule has 1 aromatic heterocycles. The van der Waals surface area contributed by atoms with Crippen LogP contribution in [0.15, 0.2) is 6.20 Å². The maximum Gasteiger partial charge on any atom is 0.224 e. The second-order valence-corrected chi connectivity index (χ2v) is 7.42. The highest BCUT2D eigenvalue weighted by Gasteiger charge is 2.27. The molecule has 136 valence electrons. The lowest BCUT2D eigenvalue weighted by molar-refractivity contribution is 0.0739. The van der Waals surface area contributed by atoms with Crippen LogP contribution in [0.5, 0.6) is 0 Å². The highest BCUT2D eigenvalue weighted by atomic mass is 16.3. The van der Waals surface area contributed by atoms with Crippen LogP contribution in [0.3, 0.4) is 0 Å². The van der Waals surface area contributed by atoms with Crippen LogP contribution in [0.4, 0.5) is 11.8 Å². The topological polar surface area (TPSA) is 114 Å². The Hall–Kier alpha value is -1.91. The molecule has 0 unspecified atom stereocenters. The molecule has 2 aliphatic carbocycles. The van der Waals surface area contributed by atoms with E-state index < -0.39 is 0 Å². The second-order valence-electron chi connectivity index (χ2n) is 7.42. The molecule has 2 fully saturated rings. The molecule has 0 spiro atoms. The van der Waals surface area contributed by atoms with E-state index in [-0.39, 0.29) is 24.3 Å². The first kappa shape index (κ1) is 17.9. The molecule has 0 radical (unpaired) electrons. The van der Waals surface area contributed by atoms with Crippen molar-refractivity contribution in [2.45, 2.75) is 76.2 Å². The van der Waals surface area contributed by atoms with E-state index in [1.54, 1.807) is 0 Å². The lowest BCUT2D eigenvalue weighted by atomic mass is 9.85. The molecule has 7 heteroatoms. The Kier molecular flexibility index (Phi) is 5.71. The first-order chi connectivity index (χ1) is 12.0. The van der Waals surface area contributed by atoms with Gasteiger partial charge in [0.15, 0.2) is 0 Å². The number of nitrogens with zero attached hydrogens (tertiary/aromatic N) is 3. The molecular formula is C18H27N5O2. The molecule has 0 aliphatic heterocycles. The van der Waals surface area contributed by atoms with Gasteiger partial charge in [0.25, 0.3) is 0 Å². The number of aliphatic hydroxyl groups excluding tert-OH is 2. The summed E-state index contributed by atoms with van der Waals surface area (Å²) in [6.45, 7) is 2.06. The Balaban J connectivity index is 1.67. The number of nitrogens with one attached hydrogen (secondary N) is 2. The molecule has 0 amide bonds. The molecule has 0 saturated heterocycles. The molecule has 0 bridgehead atoms. The maximum absolute atomic E-state index is 10.1. The molecule has 7 nitrogen and oxygen atoms in total. The Morgan fingerprint density at radius 3 is 2.48 bits per heavy atom. The second kappa shape index (κ2) is 7.98. The van der Waals surface area contributed by atoms with Crippen molar-refractivity contribution in [3.63, 3.8) is 0 Å². The van der Waals surface area contributed by atoms with E-state index >= 15 is 0 Å². The van der Waals surface area contributed by atoms with Crippen molar-refractivity contribution in [2.24, 2.45) is 5.92 Å². The maximum atomic E-state index is 10.1. The minimum atomic E-state index is -0.315. The fourth-order valence-corrected chi connectivity index (χ4v) is 3.67. The van der Waals surface area contributed by atoms with Gasteiger partial charge >= 0.3 is 0 Å². The van der Waals surface area contributed by atoms with Crippen LogP contribution in [0.1, 0.15) is 57.4 Å². The van der Waals surface area contributed by atoms with Crippen molar-refractivity contribution in [3.8, 4) is 6.07 Å². The summed E-state index contributed by atoms with van der Waals surface area (Å²) in [4.78, 5) is 8.74. The van der Waals surface area contributed by atoms with E-state index in [1.165, 1.54) is 6.20 Å². The molecule has 1 heterocycles. The number of rotatable bonds is 4. The van der Waals surface area contributed by atoms with E-state index in [1.807, 2.05) is 0 Å². The fourth-order valence-electron chi connectivity index (χ4n) is 3.67. The lowest BCUT2D eigenvalue weighted by Gasteiger charge is -2.32. The average molecular weight is 345 g/mol. The smallest absolute Gasteiger partial charge is 0.224 e. The molecule has 1 aromatic rings. The largest absolute Gasteiger partial charge is 0.393 e. The molecule has 3 rings (SSSR count). The van der Waals surface area contributed by atoms with Crippen molar-refractivity contribution in [2.75, 3.05) is 10.6 Å². The third-order valence-electron chi connectivity index (χ3n) is 5.43. The summed E-state index contributed by atoms with van der Waals surface area (Å²) < 4.78 is 0. The van der Waals surface area contributed by atoms with Crippen LogP contribution in [-0.4, -0.2) is 44.5 Å². The highest BCUT2D eigenvalue weighted by molar-refractivity contribution is 5.54. The third kappa shape index (κ3) is 4.59. The van der Waals surface area contributed by atoms with Crippen molar-refractivity contribution in [1.29, 1.82) is 5.26 Å². The van der Waals surface area contributed by atoms with Crippen molar-refractivity contribution in [3.05, 3.63) is 11.8 Å². The zero-order valence-electron chi connectivity index (χ0n) is 14.6. The summed E-state index contributed by atoms with van der Waals surface area (Å²) in [5, 5.41) is 35.6. The minimum absolute atomic E-state index is 0.117. The summed E-state index contributed by atoms with van der Waals surface area (Å²) in [6.07, 6.45) is 6.96. The highest BCUT2D eigenvalue weighted by Crippen LogP contribution is 2.27. The Morgan fingerprint density at radius 1 is 1.08 bits per heavy atom. The zero-order chi connectivity index (χ0) is 17.8. The average Bonchev–Trinajstić information content (AvgIpc) is 2.60. The first-order valence-corrected chi connectivity index (χ1v) is 9.21. The number of aliphatic hydroxyl groups is 2. The van der Waals surface area contributed by atoms with Gasteiger partial charge in [-0.25, -0.2) is 4.98 Å². The Morgan fingerprint density at radius 2 is 1.80 bits per heavy atom. The van der Waals surface area contributed by atoms with Crippen LogP contribution in [0.2, 0.25) is 0 Å². The summed E-state index contributed by atoms with van der Waals surface area (Å²) in [6, 6.07) is 2.50. The fraction of sp³-hybridized carbons (Fsp3) is 0.722. The van der Waals surface area contributed by atoms with Gasteiger partial charge in [-0.05, 0) is 50.9 Å². The van der Waals surface area contributed by atoms with Crippen LogP contribution < -0.4 is 10.6 Å². The molecule has 4 N–H and O–H groups in total. The predicted octanol–water partition coefficient (Wildman–Crippen LogP) is 2.03. The standard InChI is InChI=1S/C18H27N5O2/c1-11-2-3-14(8-16(11)25)21-17-12(9-19)10-20-18(23-17)22-13-4-6-15(24)7-5-13/h10-11,13-16,24-25H,2-8H2,1H3,(H2,20,21,22,23)/t11-,13-,14-,15-,16-/m1/s1. The summed E-state index contributed by atoms with van der Waals surface area (Å²) >= 11 is 0. The predicted molar refractivity (Wildman–Crippen MR) is 95.1 cm³/mol. The molecule has 2 saturated carbocycles. The molecular weight excluding hydrogens is 318 g/mol. The van der Waals surface area contributed by atoms with Gasteiger partial charge in [0.1, 0.15) is 17.5 Å².